The van der Waals surface area contributed by atoms with E-state index in [4.69, 9.17) is 4.74 Å². The number of amides is 1. The minimum absolute atomic E-state index is 0.0197. The summed E-state index contributed by atoms with van der Waals surface area (Å²) in [4.78, 5) is 31.0. The number of halogens is 3. The molecule has 1 heterocycles. The Morgan fingerprint density at radius 3 is 2.11 bits per heavy atom. The molecule has 1 N–H and O–H groups in total. The Kier molecular flexibility index (Phi) is 9.47. The molecular formula is C36H35F3N2O3. The van der Waals surface area contributed by atoms with Gasteiger partial charge >= 0.3 is 6.18 Å². The summed E-state index contributed by atoms with van der Waals surface area (Å²) in [6.07, 6.45) is -1.43. The van der Waals surface area contributed by atoms with Crippen molar-refractivity contribution in [2.45, 2.75) is 63.5 Å². The van der Waals surface area contributed by atoms with Gasteiger partial charge in [0, 0.05) is 24.0 Å². The molecule has 0 aliphatic heterocycles. The molecule has 1 amide bonds. The third-order valence-electron chi connectivity index (χ3n) is 8.16. The van der Waals surface area contributed by atoms with Crippen LogP contribution >= 0.6 is 0 Å². The van der Waals surface area contributed by atoms with E-state index in [1.807, 2.05) is 61.5 Å². The highest BCUT2D eigenvalue weighted by atomic mass is 19.4. The zero-order valence-electron chi connectivity index (χ0n) is 24.6. The van der Waals surface area contributed by atoms with Gasteiger partial charge in [-0.15, -0.1) is 0 Å². The number of nitrogens with zero attached hydrogens (tertiary/aromatic N) is 1. The van der Waals surface area contributed by atoms with Gasteiger partial charge in [-0.05, 0) is 73.1 Å². The maximum atomic E-state index is 14.1. The molecule has 0 atom stereocenters. The molecule has 0 bridgehead atoms. The number of aryl methyl sites for hydroxylation is 1. The van der Waals surface area contributed by atoms with Gasteiger partial charge in [0.1, 0.15) is 5.78 Å². The van der Waals surface area contributed by atoms with Gasteiger partial charge in [-0.1, -0.05) is 73.2 Å². The van der Waals surface area contributed by atoms with E-state index in [9.17, 15) is 22.8 Å². The average molecular weight is 601 g/mol. The number of nitrogens with one attached hydrogen (secondary N) is 1. The van der Waals surface area contributed by atoms with E-state index in [0.717, 1.165) is 27.8 Å². The number of Topliss-reactive ketones (excluding diaryl/α,β-unsaturated/α-hetero) is 1. The van der Waals surface area contributed by atoms with Crippen LogP contribution in [0.5, 0.6) is 5.88 Å². The highest BCUT2D eigenvalue weighted by Gasteiger charge is 2.47. The minimum atomic E-state index is -4.18. The zero-order valence-corrected chi connectivity index (χ0v) is 24.6. The standard InChI is InChI=1S/C36H35F3N2O3/c1-25-23-27(41-33(43)26-13-4-2-5-14-26)24-40-34(25)44-22-12-20-35(32(42)19-6-3-11-21-36(37,38)39)30-17-9-7-15-28(30)29-16-8-10-18-31(29)35/h2,4-5,7-10,13-18,23-24H,3,6,11-12,19-22H2,1H3,(H,41,43). The summed E-state index contributed by atoms with van der Waals surface area (Å²) in [5.41, 5.74) is 4.88. The molecule has 4 aromatic rings. The van der Waals surface area contributed by atoms with E-state index in [1.165, 1.54) is 0 Å². The second-order valence-corrected chi connectivity index (χ2v) is 11.2. The van der Waals surface area contributed by atoms with Gasteiger partial charge in [0.25, 0.3) is 5.91 Å². The van der Waals surface area contributed by atoms with E-state index in [1.54, 1.807) is 36.5 Å². The molecule has 228 valence electrons. The van der Waals surface area contributed by atoms with Crippen LogP contribution in [-0.4, -0.2) is 29.5 Å². The molecule has 0 spiro atoms. The Morgan fingerprint density at radius 1 is 0.841 bits per heavy atom. The van der Waals surface area contributed by atoms with Crippen LogP contribution in [0.3, 0.4) is 0 Å². The molecule has 3 aromatic carbocycles. The number of aromatic nitrogens is 1. The predicted octanol–water partition coefficient (Wildman–Crippen LogP) is 8.85. The van der Waals surface area contributed by atoms with Crippen LogP contribution in [0.15, 0.2) is 91.1 Å². The molecule has 5 rings (SSSR count). The Morgan fingerprint density at radius 2 is 1.48 bits per heavy atom. The lowest BCUT2D eigenvalue weighted by molar-refractivity contribution is -0.135. The number of hydrogen-bond acceptors (Lipinski definition) is 4. The number of benzene rings is 3. The van der Waals surface area contributed by atoms with Crippen LogP contribution in [-0.2, 0) is 10.2 Å². The molecule has 44 heavy (non-hydrogen) atoms. The SMILES string of the molecule is Cc1cc(NC(=O)c2ccccc2)cnc1OCCCC1(C(=O)CCCCCC(F)(F)F)c2ccccc2-c2ccccc21. The first-order valence-electron chi connectivity index (χ1n) is 14.9. The first-order chi connectivity index (χ1) is 21.2. The van der Waals surface area contributed by atoms with Crippen molar-refractivity contribution in [3.05, 3.63) is 113 Å². The second-order valence-electron chi connectivity index (χ2n) is 11.2. The third kappa shape index (κ3) is 6.85. The maximum Gasteiger partial charge on any atom is 0.389 e. The van der Waals surface area contributed by atoms with Crippen LogP contribution in [0.4, 0.5) is 18.9 Å². The quantitative estimate of drug-likeness (QED) is 0.156. The predicted molar refractivity (Wildman–Crippen MR) is 165 cm³/mol. The highest BCUT2D eigenvalue weighted by Crippen LogP contribution is 2.52. The largest absolute Gasteiger partial charge is 0.477 e. The fraction of sp³-hybridized carbons (Fsp3) is 0.306. The maximum absolute atomic E-state index is 14.1. The highest BCUT2D eigenvalue weighted by molar-refractivity contribution is 6.04. The number of hydrogen-bond donors (Lipinski definition) is 1. The van der Waals surface area contributed by atoms with Crippen molar-refractivity contribution in [3.63, 3.8) is 0 Å². The number of carbonyl (C=O) groups excluding carboxylic acids is 2. The van der Waals surface area contributed by atoms with Gasteiger partial charge in [-0.2, -0.15) is 13.2 Å². The molecular weight excluding hydrogens is 565 g/mol. The average Bonchev–Trinajstić information content (AvgIpc) is 3.30. The third-order valence-corrected chi connectivity index (χ3v) is 8.16. The van der Waals surface area contributed by atoms with Crippen molar-refractivity contribution in [2.24, 2.45) is 0 Å². The Labute approximate surface area is 255 Å². The molecule has 0 fully saturated rings. The van der Waals surface area contributed by atoms with Crippen LogP contribution in [0.25, 0.3) is 11.1 Å². The first-order valence-corrected chi connectivity index (χ1v) is 14.9. The topological polar surface area (TPSA) is 68.3 Å². The normalized spacial score (nSPS) is 13.2. The first kappa shape index (κ1) is 31.0. The summed E-state index contributed by atoms with van der Waals surface area (Å²) >= 11 is 0. The van der Waals surface area contributed by atoms with Crippen LogP contribution in [0, 0.1) is 6.92 Å². The van der Waals surface area contributed by atoms with E-state index in [0.29, 0.717) is 49.4 Å². The smallest absolute Gasteiger partial charge is 0.389 e. The van der Waals surface area contributed by atoms with Gasteiger partial charge < -0.3 is 10.1 Å². The van der Waals surface area contributed by atoms with E-state index in [-0.39, 0.29) is 24.5 Å². The van der Waals surface area contributed by atoms with Gasteiger partial charge in [-0.3, -0.25) is 9.59 Å². The molecule has 1 aliphatic carbocycles. The number of pyridine rings is 1. The number of fused-ring (bicyclic) bond motifs is 3. The monoisotopic (exact) mass is 600 g/mol. The number of alkyl halides is 3. The Bertz CT molecular complexity index is 1570. The number of ether oxygens (including phenoxy) is 1. The molecule has 0 saturated heterocycles. The molecule has 1 aliphatic rings. The fourth-order valence-electron chi connectivity index (χ4n) is 6.12. The summed E-state index contributed by atoms with van der Waals surface area (Å²) < 4.78 is 43.9. The van der Waals surface area contributed by atoms with E-state index >= 15 is 0 Å². The number of carbonyl (C=O) groups is 2. The van der Waals surface area contributed by atoms with E-state index < -0.39 is 18.0 Å². The van der Waals surface area contributed by atoms with Gasteiger partial charge in [-0.25, -0.2) is 4.98 Å². The number of unbranched alkanes of at least 4 members (excludes halogenated alkanes) is 2. The van der Waals surface area contributed by atoms with Crippen molar-refractivity contribution in [3.8, 4) is 17.0 Å². The van der Waals surface area contributed by atoms with Crippen LogP contribution in [0.2, 0.25) is 0 Å². The molecule has 1 aromatic heterocycles. The van der Waals surface area contributed by atoms with Gasteiger partial charge in [0.05, 0.1) is 23.9 Å². The minimum Gasteiger partial charge on any atom is -0.477 e. The summed E-state index contributed by atoms with van der Waals surface area (Å²) in [5, 5.41) is 2.85. The van der Waals surface area contributed by atoms with Crippen LogP contribution in [0.1, 0.15) is 72.0 Å². The lowest BCUT2D eigenvalue weighted by atomic mass is 9.70. The Balaban J connectivity index is 1.27. The second kappa shape index (κ2) is 13.5. The van der Waals surface area contributed by atoms with Crippen molar-refractivity contribution in [2.75, 3.05) is 11.9 Å². The number of rotatable bonds is 13. The van der Waals surface area contributed by atoms with Crippen molar-refractivity contribution in [1.29, 1.82) is 0 Å². The van der Waals surface area contributed by atoms with Crippen molar-refractivity contribution >= 4 is 17.4 Å². The summed E-state index contributed by atoms with van der Waals surface area (Å²) in [7, 11) is 0. The summed E-state index contributed by atoms with van der Waals surface area (Å²) in [6.45, 7) is 2.17. The van der Waals surface area contributed by atoms with Crippen LogP contribution < -0.4 is 10.1 Å². The van der Waals surface area contributed by atoms with Gasteiger partial charge in [0.2, 0.25) is 5.88 Å². The number of anilines is 1. The summed E-state index contributed by atoms with van der Waals surface area (Å²) in [6, 6.07) is 26.5. The molecule has 0 unspecified atom stereocenters. The van der Waals surface area contributed by atoms with Crippen molar-refractivity contribution < 1.29 is 27.5 Å². The Hall–Kier alpha value is -4.46. The fourth-order valence-corrected chi connectivity index (χ4v) is 6.12. The molecule has 0 radical (unpaired) electrons. The van der Waals surface area contributed by atoms with Gasteiger partial charge in [0.15, 0.2) is 0 Å². The lowest BCUT2D eigenvalue weighted by Crippen LogP contribution is -2.36. The molecule has 0 saturated carbocycles. The number of ketones is 1. The zero-order chi connectivity index (χ0) is 31.2. The molecule has 5 nitrogen and oxygen atoms in total. The van der Waals surface area contributed by atoms with Crippen molar-refractivity contribution in [1.82, 2.24) is 4.98 Å². The van der Waals surface area contributed by atoms with E-state index in [2.05, 4.69) is 10.3 Å². The summed E-state index contributed by atoms with van der Waals surface area (Å²) in [5.74, 6) is 0.239. The lowest BCUT2D eigenvalue weighted by Gasteiger charge is -2.31. The molecule has 8 heteroatoms.